The van der Waals surface area contributed by atoms with Crippen LogP contribution in [0.1, 0.15) is 22.3 Å². The molecule has 2 heterocycles. The smallest absolute Gasteiger partial charge is 0.258 e. The number of nitrogens with one attached hydrogen (secondary N) is 1. The minimum Gasteiger partial charge on any atom is -0.340 e. The topological polar surface area (TPSA) is 45.2 Å². The lowest BCUT2D eigenvalue weighted by molar-refractivity contribution is 0.0985. The van der Waals surface area contributed by atoms with Crippen molar-refractivity contribution < 1.29 is 4.79 Å². The molecule has 3 aromatic rings. The molecule has 0 saturated carbocycles. The van der Waals surface area contributed by atoms with Crippen molar-refractivity contribution in [3.8, 4) is 0 Å². The molecule has 0 unspecified atom stereocenters. The molecule has 26 heavy (non-hydrogen) atoms. The van der Waals surface area contributed by atoms with Gasteiger partial charge < -0.3 is 10.2 Å². The van der Waals surface area contributed by atoms with Crippen LogP contribution in [0.25, 0.3) is 0 Å². The number of hydrogen-bond donors (Lipinski definition) is 1. The molecule has 0 fully saturated rings. The SMILES string of the molecule is O=C(c1ccnc(Nc2cccc(Cl)c2)c1)N1CCCc2ccccc21. The lowest BCUT2D eigenvalue weighted by Crippen LogP contribution is -2.35. The predicted molar refractivity (Wildman–Crippen MR) is 105 cm³/mol. The summed E-state index contributed by atoms with van der Waals surface area (Å²) in [5.41, 5.74) is 3.67. The van der Waals surface area contributed by atoms with Gasteiger partial charge in [-0.1, -0.05) is 35.9 Å². The molecule has 2 aromatic carbocycles. The van der Waals surface area contributed by atoms with E-state index in [0.717, 1.165) is 30.8 Å². The first-order chi connectivity index (χ1) is 12.7. The number of nitrogens with zero attached hydrogens (tertiary/aromatic N) is 2. The number of para-hydroxylation sites is 1. The summed E-state index contributed by atoms with van der Waals surface area (Å²) in [6, 6.07) is 19.0. The Morgan fingerprint density at radius 2 is 1.96 bits per heavy atom. The summed E-state index contributed by atoms with van der Waals surface area (Å²) in [5, 5.41) is 3.84. The van der Waals surface area contributed by atoms with E-state index in [1.165, 1.54) is 5.56 Å². The second-order valence-electron chi connectivity index (χ2n) is 6.25. The molecule has 130 valence electrons. The third kappa shape index (κ3) is 3.41. The van der Waals surface area contributed by atoms with Crippen LogP contribution in [-0.4, -0.2) is 17.4 Å². The van der Waals surface area contributed by atoms with Crippen LogP contribution in [-0.2, 0) is 6.42 Å². The van der Waals surface area contributed by atoms with E-state index >= 15 is 0 Å². The fraction of sp³-hybridized carbons (Fsp3) is 0.143. The van der Waals surface area contributed by atoms with Gasteiger partial charge in [-0.3, -0.25) is 4.79 Å². The van der Waals surface area contributed by atoms with E-state index in [1.54, 1.807) is 18.3 Å². The number of rotatable bonds is 3. The standard InChI is InChI=1S/C21H18ClN3O/c22-17-7-3-8-18(14-17)24-20-13-16(10-11-23-20)21(26)25-12-4-6-15-5-1-2-9-19(15)25/h1-3,5,7-11,13-14H,4,6,12H2,(H,23,24). The molecule has 0 saturated heterocycles. The van der Waals surface area contributed by atoms with Gasteiger partial charge in [-0.05, 0) is 54.8 Å². The number of anilines is 3. The second kappa shape index (κ2) is 7.18. The number of benzene rings is 2. The van der Waals surface area contributed by atoms with Gasteiger partial charge in [0.25, 0.3) is 5.91 Å². The van der Waals surface area contributed by atoms with Crippen molar-refractivity contribution in [3.05, 3.63) is 83.0 Å². The molecular formula is C21H18ClN3O. The number of aromatic nitrogens is 1. The third-order valence-electron chi connectivity index (χ3n) is 4.46. The van der Waals surface area contributed by atoms with E-state index in [9.17, 15) is 4.79 Å². The van der Waals surface area contributed by atoms with Crippen molar-refractivity contribution in [2.24, 2.45) is 0 Å². The lowest BCUT2D eigenvalue weighted by atomic mass is 10.0. The first-order valence-corrected chi connectivity index (χ1v) is 8.97. The van der Waals surface area contributed by atoms with Crippen LogP contribution in [0, 0.1) is 0 Å². The number of carbonyl (C=O) groups excluding carboxylic acids is 1. The monoisotopic (exact) mass is 363 g/mol. The molecule has 0 radical (unpaired) electrons. The van der Waals surface area contributed by atoms with Gasteiger partial charge in [-0.25, -0.2) is 4.98 Å². The summed E-state index contributed by atoms with van der Waals surface area (Å²) in [6.45, 7) is 0.731. The number of aryl methyl sites for hydroxylation is 1. The van der Waals surface area contributed by atoms with E-state index in [-0.39, 0.29) is 5.91 Å². The Labute approximate surface area is 157 Å². The Kier molecular flexibility index (Phi) is 4.59. The Morgan fingerprint density at radius 1 is 1.08 bits per heavy atom. The van der Waals surface area contributed by atoms with Gasteiger partial charge in [0.05, 0.1) is 0 Å². The van der Waals surface area contributed by atoms with Crippen molar-refractivity contribution in [3.63, 3.8) is 0 Å². The zero-order valence-electron chi connectivity index (χ0n) is 14.2. The van der Waals surface area contributed by atoms with Crippen molar-refractivity contribution in [2.75, 3.05) is 16.8 Å². The maximum atomic E-state index is 13.1. The van der Waals surface area contributed by atoms with Crippen molar-refractivity contribution >= 4 is 34.7 Å². The average Bonchev–Trinajstić information content (AvgIpc) is 2.67. The minimum atomic E-state index is -0.00584. The van der Waals surface area contributed by atoms with Gasteiger partial charge >= 0.3 is 0 Å². The Morgan fingerprint density at radius 3 is 2.85 bits per heavy atom. The average molecular weight is 364 g/mol. The number of fused-ring (bicyclic) bond motifs is 1. The molecule has 1 aliphatic heterocycles. The summed E-state index contributed by atoms with van der Waals surface area (Å²) in [5.74, 6) is 0.608. The van der Waals surface area contributed by atoms with Crippen LogP contribution in [0.15, 0.2) is 66.9 Å². The molecule has 0 atom stereocenters. The molecule has 1 aromatic heterocycles. The van der Waals surface area contributed by atoms with E-state index in [1.807, 2.05) is 47.4 Å². The molecule has 1 amide bonds. The fourth-order valence-electron chi connectivity index (χ4n) is 3.25. The number of halogens is 1. The maximum Gasteiger partial charge on any atom is 0.258 e. The van der Waals surface area contributed by atoms with Crippen LogP contribution in [0.4, 0.5) is 17.2 Å². The highest BCUT2D eigenvalue weighted by Crippen LogP contribution is 2.28. The highest BCUT2D eigenvalue weighted by molar-refractivity contribution is 6.30. The van der Waals surface area contributed by atoms with Crippen LogP contribution >= 0.6 is 11.6 Å². The molecule has 1 N–H and O–H groups in total. The Hall–Kier alpha value is -2.85. The van der Waals surface area contributed by atoms with Gasteiger partial charge in [0.2, 0.25) is 0 Å². The minimum absolute atomic E-state index is 0.00584. The normalized spacial score (nSPS) is 13.2. The molecule has 1 aliphatic rings. The van der Waals surface area contributed by atoms with Crippen LogP contribution in [0.2, 0.25) is 5.02 Å². The molecular weight excluding hydrogens is 346 g/mol. The van der Waals surface area contributed by atoms with E-state index in [2.05, 4.69) is 16.4 Å². The van der Waals surface area contributed by atoms with Crippen LogP contribution < -0.4 is 10.2 Å². The summed E-state index contributed by atoms with van der Waals surface area (Å²) >= 11 is 6.02. The third-order valence-corrected chi connectivity index (χ3v) is 4.69. The Bertz CT molecular complexity index is 957. The lowest BCUT2D eigenvalue weighted by Gasteiger charge is -2.29. The molecule has 5 heteroatoms. The van der Waals surface area contributed by atoms with Crippen LogP contribution in [0.3, 0.4) is 0 Å². The molecule has 0 aliphatic carbocycles. The highest BCUT2D eigenvalue weighted by Gasteiger charge is 2.23. The van der Waals surface area contributed by atoms with Crippen LogP contribution in [0.5, 0.6) is 0 Å². The zero-order chi connectivity index (χ0) is 17.9. The summed E-state index contributed by atoms with van der Waals surface area (Å²) in [6.07, 6.45) is 3.63. The van der Waals surface area contributed by atoms with Gasteiger partial charge in [0.15, 0.2) is 0 Å². The van der Waals surface area contributed by atoms with E-state index < -0.39 is 0 Å². The number of hydrogen-bond acceptors (Lipinski definition) is 3. The summed E-state index contributed by atoms with van der Waals surface area (Å²) in [7, 11) is 0. The number of pyridine rings is 1. The van der Waals surface area contributed by atoms with Gasteiger partial charge in [-0.15, -0.1) is 0 Å². The number of carbonyl (C=O) groups is 1. The first-order valence-electron chi connectivity index (χ1n) is 8.59. The highest BCUT2D eigenvalue weighted by atomic mass is 35.5. The van der Waals surface area contributed by atoms with Crippen molar-refractivity contribution in [1.29, 1.82) is 0 Å². The summed E-state index contributed by atoms with van der Waals surface area (Å²) < 4.78 is 0. The van der Waals surface area contributed by atoms with E-state index in [4.69, 9.17) is 11.6 Å². The first kappa shape index (κ1) is 16.6. The molecule has 0 spiro atoms. The van der Waals surface area contributed by atoms with Gasteiger partial charge in [-0.2, -0.15) is 0 Å². The molecule has 0 bridgehead atoms. The second-order valence-corrected chi connectivity index (χ2v) is 6.69. The quantitative estimate of drug-likeness (QED) is 0.706. The molecule has 4 rings (SSSR count). The van der Waals surface area contributed by atoms with E-state index in [0.29, 0.717) is 16.4 Å². The summed E-state index contributed by atoms with van der Waals surface area (Å²) in [4.78, 5) is 19.2. The fourth-order valence-corrected chi connectivity index (χ4v) is 3.44. The zero-order valence-corrected chi connectivity index (χ0v) is 14.9. The Balaban J connectivity index is 1.60. The number of amides is 1. The predicted octanol–water partition coefficient (Wildman–Crippen LogP) is 5.07. The van der Waals surface area contributed by atoms with Gasteiger partial charge in [0, 0.05) is 34.7 Å². The maximum absolute atomic E-state index is 13.1. The van der Waals surface area contributed by atoms with Crippen molar-refractivity contribution in [1.82, 2.24) is 4.98 Å². The molecule has 4 nitrogen and oxygen atoms in total. The van der Waals surface area contributed by atoms with Crippen molar-refractivity contribution in [2.45, 2.75) is 12.8 Å². The largest absolute Gasteiger partial charge is 0.340 e. The van der Waals surface area contributed by atoms with Gasteiger partial charge in [0.1, 0.15) is 5.82 Å².